The van der Waals surface area contributed by atoms with Crippen molar-refractivity contribution in [3.05, 3.63) is 72.8 Å². The Morgan fingerprint density at radius 3 is 2.00 bits per heavy atom. The van der Waals surface area contributed by atoms with Gasteiger partial charge in [-0.05, 0) is 21.5 Å². The maximum absolute atomic E-state index is 11.3. The first-order chi connectivity index (χ1) is 13.8. The Morgan fingerprint density at radius 1 is 1.07 bits per heavy atom. The number of hydrogen-bond acceptors (Lipinski definition) is 3. The van der Waals surface area contributed by atoms with Gasteiger partial charge in [0, 0.05) is 13.3 Å². The minimum atomic E-state index is -2.57. The van der Waals surface area contributed by atoms with Gasteiger partial charge >= 0.3 is 5.97 Å². The van der Waals surface area contributed by atoms with Crippen LogP contribution in [0, 0.1) is 12.3 Å². The molecule has 152 valence electrons. The molecule has 0 unspecified atom stereocenters. The highest BCUT2D eigenvalue weighted by Crippen LogP contribution is 2.36. The van der Waals surface area contributed by atoms with Crippen molar-refractivity contribution in [2.24, 2.45) is 0 Å². The Hall–Kier alpha value is -2.61. The van der Waals surface area contributed by atoms with Crippen LogP contribution < -0.4 is 10.4 Å². The summed E-state index contributed by atoms with van der Waals surface area (Å²) in [5.41, 5.74) is 0. The van der Waals surface area contributed by atoms with E-state index >= 15 is 0 Å². The van der Waals surface area contributed by atoms with Crippen molar-refractivity contribution in [1.29, 1.82) is 0 Å². The van der Waals surface area contributed by atoms with Crippen molar-refractivity contribution in [1.82, 2.24) is 0 Å². The van der Waals surface area contributed by atoms with Crippen molar-refractivity contribution in [2.75, 3.05) is 6.61 Å². The third kappa shape index (κ3) is 5.69. The number of terminal acetylenes is 1. The molecule has 2 aromatic rings. The van der Waals surface area contributed by atoms with Crippen LogP contribution >= 0.6 is 0 Å². The monoisotopic (exact) mass is 406 g/mol. The maximum atomic E-state index is 11.3. The third-order valence-electron chi connectivity index (χ3n) is 4.80. The van der Waals surface area contributed by atoms with Gasteiger partial charge in [-0.3, -0.25) is 4.79 Å². The van der Waals surface area contributed by atoms with Gasteiger partial charge in [0.05, 0.1) is 6.61 Å². The molecule has 0 aromatic heterocycles. The van der Waals surface area contributed by atoms with Gasteiger partial charge in [0.2, 0.25) is 0 Å². The van der Waals surface area contributed by atoms with Gasteiger partial charge in [-0.1, -0.05) is 87.5 Å². The van der Waals surface area contributed by atoms with Crippen molar-refractivity contribution in [3.8, 4) is 12.3 Å². The standard InChI is InChI=1S/C25H30O3Si/c1-6-14-22(28-21(2)26)15-13-20-27-29(25(3,4)5,23-16-9-7-10-17-23)24-18-11-8-12-19-24/h1,7-13,15-19,22H,14,20H2,2-5H3/b15-13+/t22-/m1/s1. The number of hydrogen-bond donors (Lipinski definition) is 0. The second kappa shape index (κ2) is 10.2. The topological polar surface area (TPSA) is 35.5 Å². The molecular weight excluding hydrogens is 376 g/mol. The lowest BCUT2D eigenvalue weighted by atomic mass is 10.2. The molecule has 0 radical (unpaired) electrons. The van der Waals surface area contributed by atoms with Crippen LogP contribution in [0.15, 0.2) is 72.8 Å². The van der Waals surface area contributed by atoms with Gasteiger partial charge in [-0.15, -0.1) is 12.3 Å². The summed E-state index contributed by atoms with van der Waals surface area (Å²) in [6, 6.07) is 21.0. The lowest BCUT2D eigenvalue weighted by Crippen LogP contribution is -2.66. The zero-order chi connectivity index (χ0) is 21.3. The van der Waals surface area contributed by atoms with E-state index in [-0.39, 0.29) is 11.0 Å². The van der Waals surface area contributed by atoms with Crippen LogP contribution in [0.5, 0.6) is 0 Å². The maximum Gasteiger partial charge on any atom is 0.303 e. The van der Waals surface area contributed by atoms with E-state index in [0.717, 1.165) is 0 Å². The van der Waals surface area contributed by atoms with E-state index in [1.54, 1.807) is 0 Å². The van der Waals surface area contributed by atoms with E-state index in [1.807, 2.05) is 24.3 Å². The molecule has 0 spiro atoms. The minimum Gasteiger partial charge on any atom is -0.457 e. The predicted molar refractivity (Wildman–Crippen MR) is 122 cm³/mol. The molecule has 2 rings (SSSR count). The Labute approximate surface area is 175 Å². The fourth-order valence-corrected chi connectivity index (χ4v) is 8.12. The van der Waals surface area contributed by atoms with Gasteiger partial charge < -0.3 is 9.16 Å². The molecule has 4 heteroatoms. The van der Waals surface area contributed by atoms with Gasteiger partial charge in [0.1, 0.15) is 6.10 Å². The summed E-state index contributed by atoms with van der Waals surface area (Å²) in [5, 5.41) is 2.37. The molecule has 0 amide bonds. The lowest BCUT2D eigenvalue weighted by molar-refractivity contribution is -0.143. The second-order valence-corrected chi connectivity index (χ2v) is 12.3. The molecule has 0 saturated heterocycles. The molecule has 0 aliphatic heterocycles. The van der Waals surface area contributed by atoms with Crippen LogP contribution in [0.2, 0.25) is 5.04 Å². The van der Waals surface area contributed by atoms with Crippen LogP contribution in [0.25, 0.3) is 0 Å². The molecule has 0 fully saturated rings. The molecule has 29 heavy (non-hydrogen) atoms. The summed E-state index contributed by atoms with van der Waals surface area (Å²) in [6.07, 6.45) is 9.03. The normalized spacial score (nSPS) is 13.1. The van der Waals surface area contributed by atoms with Crippen LogP contribution in [0.1, 0.15) is 34.1 Å². The van der Waals surface area contributed by atoms with Crippen molar-refractivity contribution in [3.63, 3.8) is 0 Å². The van der Waals surface area contributed by atoms with Crippen LogP contribution in [0.4, 0.5) is 0 Å². The summed E-state index contributed by atoms with van der Waals surface area (Å²) >= 11 is 0. The van der Waals surface area contributed by atoms with E-state index in [4.69, 9.17) is 15.6 Å². The van der Waals surface area contributed by atoms with E-state index < -0.39 is 14.4 Å². The molecule has 2 aromatic carbocycles. The number of carbonyl (C=O) groups excluding carboxylic acids is 1. The number of esters is 1. The summed E-state index contributed by atoms with van der Waals surface area (Å²) in [4.78, 5) is 11.3. The number of ether oxygens (including phenoxy) is 1. The lowest BCUT2D eigenvalue weighted by Gasteiger charge is -2.42. The van der Waals surface area contributed by atoms with Gasteiger partial charge in [0.25, 0.3) is 8.32 Å². The van der Waals surface area contributed by atoms with E-state index in [0.29, 0.717) is 13.0 Å². The Bertz CT molecular complexity index is 806. The van der Waals surface area contributed by atoms with Gasteiger partial charge in [0.15, 0.2) is 0 Å². The first-order valence-electron chi connectivity index (χ1n) is 9.83. The summed E-state index contributed by atoms with van der Waals surface area (Å²) in [7, 11) is -2.57. The van der Waals surface area contributed by atoms with Crippen LogP contribution in [-0.2, 0) is 14.0 Å². The first kappa shape index (κ1) is 22.7. The SMILES string of the molecule is C#CC[C@H](/C=C/CO[Si](c1ccccc1)(c1ccccc1)C(C)(C)C)OC(C)=O. The molecule has 0 N–H and O–H groups in total. The van der Waals surface area contributed by atoms with Crippen LogP contribution in [-0.4, -0.2) is 27.0 Å². The van der Waals surface area contributed by atoms with Gasteiger partial charge in [-0.2, -0.15) is 0 Å². The molecular formula is C25H30O3Si. The zero-order valence-corrected chi connectivity index (χ0v) is 18.7. The Balaban J connectivity index is 2.38. The van der Waals surface area contributed by atoms with Crippen molar-refractivity contribution in [2.45, 2.75) is 45.3 Å². The molecule has 0 bridgehead atoms. The zero-order valence-electron chi connectivity index (χ0n) is 17.7. The highest BCUT2D eigenvalue weighted by Gasteiger charge is 2.49. The third-order valence-corrected chi connectivity index (χ3v) is 9.80. The fraction of sp³-hybridized carbons (Fsp3) is 0.320. The minimum absolute atomic E-state index is 0.0857. The average molecular weight is 407 g/mol. The number of carbonyl (C=O) groups is 1. The van der Waals surface area contributed by atoms with E-state index in [1.165, 1.54) is 17.3 Å². The van der Waals surface area contributed by atoms with Crippen molar-refractivity contribution < 1.29 is 14.0 Å². The summed E-state index contributed by atoms with van der Waals surface area (Å²) < 4.78 is 12.0. The Kier molecular flexibility index (Phi) is 8.01. The van der Waals surface area contributed by atoms with Crippen molar-refractivity contribution >= 4 is 24.7 Å². The molecule has 1 atom stereocenters. The average Bonchev–Trinajstić information content (AvgIpc) is 2.68. The Morgan fingerprint density at radius 2 is 1.59 bits per heavy atom. The number of rotatable bonds is 8. The summed E-state index contributed by atoms with van der Waals surface area (Å²) in [5.74, 6) is 2.20. The highest BCUT2D eigenvalue weighted by atomic mass is 28.4. The molecule has 0 heterocycles. The molecule has 0 aliphatic carbocycles. The smallest absolute Gasteiger partial charge is 0.303 e. The molecule has 0 saturated carbocycles. The molecule has 3 nitrogen and oxygen atoms in total. The molecule has 0 aliphatic rings. The van der Waals surface area contributed by atoms with Gasteiger partial charge in [-0.25, -0.2) is 0 Å². The largest absolute Gasteiger partial charge is 0.457 e. The fourth-order valence-electron chi connectivity index (χ4n) is 3.62. The van der Waals surface area contributed by atoms with E-state index in [2.05, 4.69) is 75.2 Å². The second-order valence-electron chi connectivity index (χ2n) is 7.96. The van der Waals surface area contributed by atoms with E-state index in [9.17, 15) is 4.79 Å². The number of benzene rings is 2. The quantitative estimate of drug-likeness (QED) is 0.287. The predicted octanol–water partition coefficient (Wildman–Crippen LogP) is 4.07. The highest BCUT2D eigenvalue weighted by molar-refractivity contribution is 6.99. The summed E-state index contributed by atoms with van der Waals surface area (Å²) in [6.45, 7) is 8.51. The van der Waals surface area contributed by atoms with Crippen LogP contribution in [0.3, 0.4) is 0 Å². The first-order valence-corrected chi connectivity index (χ1v) is 11.7.